The zero-order valence-electron chi connectivity index (χ0n) is 20.7. The zero-order chi connectivity index (χ0) is 22.4. The molecule has 0 atom stereocenters. The standard InChI is InChI=1S/C27H49O3P/c1-4-6-8-10-12-14-16-18-24-28-31(30-27-22-20-26(3)21-23-27)29-25-19-17-15-13-11-9-7-5-2/h20-23H,4-19,24-25H2,1-3H3. The van der Waals surface area contributed by atoms with Crippen molar-refractivity contribution >= 4 is 8.60 Å². The van der Waals surface area contributed by atoms with Gasteiger partial charge in [-0.15, -0.1) is 0 Å². The lowest BCUT2D eigenvalue weighted by Crippen LogP contribution is -2.01. The Morgan fingerprint density at radius 3 is 1.35 bits per heavy atom. The number of aryl methyl sites for hydroxylation is 1. The first-order valence-electron chi connectivity index (χ1n) is 13.1. The van der Waals surface area contributed by atoms with Gasteiger partial charge in [0.2, 0.25) is 0 Å². The summed E-state index contributed by atoms with van der Waals surface area (Å²) in [5.41, 5.74) is 1.23. The van der Waals surface area contributed by atoms with Crippen LogP contribution in [-0.4, -0.2) is 13.2 Å². The SMILES string of the molecule is CCCCCCCCCCOP(OCCCCCCCCCC)Oc1ccc(C)cc1. The van der Waals surface area contributed by atoms with E-state index in [4.69, 9.17) is 13.6 Å². The van der Waals surface area contributed by atoms with Crippen LogP contribution in [0.5, 0.6) is 5.75 Å². The number of hydrogen-bond acceptors (Lipinski definition) is 3. The maximum Gasteiger partial charge on any atom is 0.397 e. The van der Waals surface area contributed by atoms with Gasteiger partial charge in [-0.25, -0.2) is 0 Å². The molecule has 0 fully saturated rings. The van der Waals surface area contributed by atoms with Gasteiger partial charge in [-0.05, 0) is 31.9 Å². The lowest BCUT2D eigenvalue weighted by atomic mass is 10.1. The second-order valence-electron chi connectivity index (χ2n) is 8.74. The molecule has 0 spiro atoms. The molecule has 1 aromatic rings. The van der Waals surface area contributed by atoms with Crippen LogP contribution >= 0.6 is 8.60 Å². The molecule has 0 N–H and O–H groups in total. The minimum Gasteiger partial charge on any atom is -0.427 e. The highest BCUT2D eigenvalue weighted by molar-refractivity contribution is 7.42. The van der Waals surface area contributed by atoms with Crippen LogP contribution < -0.4 is 4.52 Å². The first-order valence-corrected chi connectivity index (χ1v) is 14.2. The normalized spacial score (nSPS) is 11.4. The lowest BCUT2D eigenvalue weighted by Gasteiger charge is -2.17. The third-order valence-electron chi connectivity index (χ3n) is 5.59. The molecule has 0 radical (unpaired) electrons. The highest BCUT2D eigenvalue weighted by Gasteiger charge is 2.14. The summed E-state index contributed by atoms with van der Waals surface area (Å²) in [4.78, 5) is 0. The van der Waals surface area contributed by atoms with Gasteiger partial charge in [-0.1, -0.05) is 121 Å². The van der Waals surface area contributed by atoms with Crippen LogP contribution in [0.2, 0.25) is 0 Å². The Bertz CT molecular complexity index is 470. The third-order valence-corrected chi connectivity index (χ3v) is 6.74. The van der Waals surface area contributed by atoms with Crippen LogP contribution in [0.1, 0.15) is 122 Å². The Hall–Kier alpha value is -0.630. The van der Waals surface area contributed by atoms with E-state index in [1.165, 1.54) is 95.5 Å². The second-order valence-corrected chi connectivity index (χ2v) is 9.89. The number of hydrogen-bond donors (Lipinski definition) is 0. The van der Waals surface area contributed by atoms with Crippen LogP contribution in [0.25, 0.3) is 0 Å². The average Bonchev–Trinajstić information content (AvgIpc) is 2.78. The largest absolute Gasteiger partial charge is 0.427 e. The Morgan fingerprint density at radius 1 is 0.548 bits per heavy atom. The van der Waals surface area contributed by atoms with E-state index in [2.05, 4.69) is 32.9 Å². The van der Waals surface area contributed by atoms with Crippen LogP contribution in [0.4, 0.5) is 0 Å². The van der Waals surface area contributed by atoms with Crippen LogP contribution in [-0.2, 0) is 9.05 Å². The molecule has 0 saturated heterocycles. The van der Waals surface area contributed by atoms with Crippen LogP contribution in [0.3, 0.4) is 0 Å². The van der Waals surface area contributed by atoms with E-state index in [1.807, 2.05) is 12.1 Å². The maximum atomic E-state index is 6.03. The van der Waals surface area contributed by atoms with Crippen molar-refractivity contribution in [1.29, 1.82) is 0 Å². The first kappa shape index (κ1) is 28.4. The summed E-state index contributed by atoms with van der Waals surface area (Å²) in [7, 11) is -1.31. The molecule has 0 heterocycles. The fourth-order valence-corrected chi connectivity index (χ4v) is 4.56. The van der Waals surface area contributed by atoms with E-state index in [9.17, 15) is 0 Å². The van der Waals surface area contributed by atoms with E-state index in [1.54, 1.807) is 0 Å². The van der Waals surface area contributed by atoms with Crippen molar-refractivity contribution in [3.05, 3.63) is 29.8 Å². The molecule has 31 heavy (non-hydrogen) atoms. The average molecular weight is 453 g/mol. The van der Waals surface area contributed by atoms with Gasteiger partial charge in [0, 0.05) is 0 Å². The molecule has 180 valence electrons. The third kappa shape index (κ3) is 17.6. The van der Waals surface area contributed by atoms with Gasteiger partial charge in [0.1, 0.15) is 5.75 Å². The lowest BCUT2D eigenvalue weighted by molar-refractivity contribution is 0.198. The monoisotopic (exact) mass is 452 g/mol. The molecular formula is C27H49O3P. The molecular weight excluding hydrogens is 403 g/mol. The van der Waals surface area contributed by atoms with Crippen molar-refractivity contribution in [2.75, 3.05) is 13.2 Å². The minimum atomic E-state index is -1.31. The molecule has 1 rings (SSSR count). The number of rotatable bonds is 22. The highest BCUT2D eigenvalue weighted by Crippen LogP contribution is 2.41. The molecule has 0 aliphatic rings. The summed E-state index contributed by atoms with van der Waals surface area (Å²) in [5.74, 6) is 0.837. The van der Waals surface area contributed by atoms with E-state index in [0.29, 0.717) is 0 Å². The fraction of sp³-hybridized carbons (Fsp3) is 0.778. The van der Waals surface area contributed by atoms with Crippen molar-refractivity contribution in [3.63, 3.8) is 0 Å². The van der Waals surface area contributed by atoms with Gasteiger partial charge in [-0.3, -0.25) is 0 Å². The molecule has 0 bridgehead atoms. The number of benzene rings is 1. The van der Waals surface area contributed by atoms with Gasteiger partial charge in [0.25, 0.3) is 0 Å². The van der Waals surface area contributed by atoms with Crippen molar-refractivity contribution in [1.82, 2.24) is 0 Å². The van der Waals surface area contributed by atoms with Crippen molar-refractivity contribution in [3.8, 4) is 5.75 Å². The zero-order valence-corrected chi connectivity index (χ0v) is 21.6. The minimum absolute atomic E-state index is 0.726. The molecule has 0 amide bonds. The predicted octanol–water partition coefficient (Wildman–Crippen LogP) is 9.92. The molecule has 0 saturated carbocycles. The Kier molecular flexibility index (Phi) is 19.4. The fourth-order valence-electron chi connectivity index (χ4n) is 3.53. The Labute approximate surface area is 194 Å². The van der Waals surface area contributed by atoms with Gasteiger partial charge < -0.3 is 13.6 Å². The molecule has 3 nitrogen and oxygen atoms in total. The summed E-state index contributed by atoms with van der Waals surface area (Å²) < 4.78 is 18.1. The first-order chi connectivity index (χ1) is 15.3. The van der Waals surface area contributed by atoms with E-state index < -0.39 is 8.60 Å². The molecule has 1 aromatic carbocycles. The van der Waals surface area contributed by atoms with E-state index in [0.717, 1.165) is 31.8 Å². The summed E-state index contributed by atoms with van der Waals surface area (Å²) in [6, 6.07) is 8.15. The molecule has 4 heteroatoms. The van der Waals surface area contributed by atoms with Crippen LogP contribution in [0, 0.1) is 6.92 Å². The predicted molar refractivity (Wildman–Crippen MR) is 136 cm³/mol. The molecule has 0 aliphatic heterocycles. The van der Waals surface area contributed by atoms with Crippen molar-refractivity contribution < 1.29 is 13.6 Å². The summed E-state index contributed by atoms with van der Waals surface area (Å²) in [6.45, 7) is 8.08. The maximum absolute atomic E-state index is 6.03. The summed E-state index contributed by atoms with van der Waals surface area (Å²) in [6.07, 6.45) is 20.9. The van der Waals surface area contributed by atoms with Crippen molar-refractivity contribution in [2.45, 2.75) is 124 Å². The topological polar surface area (TPSA) is 27.7 Å². The molecule has 0 unspecified atom stereocenters. The molecule has 0 aliphatic carbocycles. The van der Waals surface area contributed by atoms with E-state index in [-0.39, 0.29) is 0 Å². The van der Waals surface area contributed by atoms with Gasteiger partial charge in [0.15, 0.2) is 0 Å². The number of unbranched alkanes of at least 4 members (excludes halogenated alkanes) is 14. The Morgan fingerprint density at radius 2 is 0.935 bits per heavy atom. The summed E-state index contributed by atoms with van der Waals surface area (Å²) >= 11 is 0. The second kappa shape index (κ2) is 21.2. The molecule has 0 aromatic heterocycles. The Balaban J connectivity index is 2.20. The highest BCUT2D eigenvalue weighted by atomic mass is 31.2. The van der Waals surface area contributed by atoms with Gasteiger partial charge in [-0.2, -0.15) is 0 Å². The summed E-state index contributed by atoms with van der Waals surface area (Å²) in [5, 5.41) is 0. The van der Waals surface area contributed by atoms with E-state index >= 15 is 0 Å². The van der Waals surface area contributed by atoms with Gasteiger partial charge >= 0.3 is 8.60 Å². The quantitative estimate of drug-likeness (QED) is 0.129. The van der Waals surface area contributed by atoms with Gasteiger partial charge in [0.05, 0.1) is 13.2 Å². The smallest absolute Gasteiger partial charge is 0.397 e. The van der Waals surface area contributed by atoms with Crippen LogP contribution in [0.15, 0.2) is 24.3 Å². The van der Waals surface area contributed by atoms with Crippen molar-refractivity contribution in [2.24, 2.45) is 0 Å².